The number of hydrogen-bond donors (Lipinski definition) is 0. The van der Waals surface area contributed by atoms with Crippen LogP contribution < -0.4 is 4.74 Å². The normalized spacial score (nSPS) is 10.1. The van der Waals surface area contributed by atoms with E-state index >= 15 is 0 Å². The van der Waals surface area contributed by atoms with E-state index in [4.69, 9.17) is 4.74 Å². The Labute approximate surface area is 93.6 Å². The number of ether oxygens (including phenoxy) is 1. The number of halogens is 1. The van der Waals surface area contributed by atoms with Gasteiger partial charge < -0.3 is 4.74 Å². The third-order valence-electron chi connectivity index (χ3n) is 1.84. The molecule has 0 heterocycles. The summed E-state index contributed by atoms with van der Waals surface area (Å²) < 4.78 is 6.84. The van der Waals surface area contributed by atoms with Gasteiger partial charge in [0.05, 0.1) is 10.2 Å². The van der Waals surface area contributed by atoms with Gasteiger partial charge in [0.1, 0.15) is 5.75 Å². The van der Waals surface area contributed by atoms with Crippen molar-refractivity contribution in [1.29, 1.82) is 0 Å². The van der Waals surface area contributed by atoms with Crippen LogP contribution in [-0.2, 0) is 0 Å². The molecule has 0 aliphatic carbocycles. The van der Waals surface area contributed by atoms with Crippen LogP contribution >= 0.6 is 22.6 Å². The van der Waals surface area contributed by atoms with Crippen LogP contribution in [0.25, 0.3) is 0 Å². The molecule has 2 heteroatoms. The van der Waals surface area contributed by atoms with Crippen LogP contribution in [0.3, 0.4) is 0 Å². The number of aryl methyl sites for hydroxylation is 1. The summed E-state index contributed by atoms with van der Waals surface area (Å²) in [6.07, 6.45) is 2.31. The molecule has 0 bridgehead atoms. The largest absolute Gasteiger partial charge is 0.492 e. The fourth-order valence-electron chi connectivity index (χ4n) is 1.05. The molecule has 1 nitrogen and oxygen atoms in total. The van der Waals surface area contributed by atoms with Crippen LogP contribution in [0.2, 0.25) is 0 Å². The first-order valence-corrected chi connectivity index (χ1v) is 5.71. The summed E-state index contributed by atoms with van der Waals surface area (Å²) in [5.74, 6) is 1.02. The van der Waals surface area contributed by atoms with Crippen molar-refractivity contribution in [2.45, 2.75) is 26.7 Å². The van der Waals surface area contributed by atoms with Crippen LogP contribution in [0.4, 0.5) is 0 Å². The SMILES string of the molecule is CCCCOc1cc(C)ccc1I. The molecule has 0 radical (unpaired) electrons. The predicted octanol–water partition coefficient (Wildman–Crippen LogP) is 3.78. The van der Waals surface area contributed by atoms with Gasteiger partial charge in [-0.2, -0.15) is 0 Å². The Morgan fingerprint density at radius 2 is 2.15 bits per heavy atom. The fraction of sp³-hybridized carbons (Fsp3) is 0.455. The molecular weight excluding hydrogens is 275 g/mol. The average molecular weight is 290 g/mol. The Morgan fingerprint density at radius 3 is 2.85 bits per heavy atom. The minimum absolute atomic E-state index is 0.829. The van der Waals surface area contributed by atoms with Gasteiger partial charge in [-0.1, -0.05) is 19.4 Å². The highest BCUT2D eigenvalue weighted by Crippen LogP contribution is 2.22. The van der Waals surface area contributed by atoms with Gasteiger partial charge >= 0.3 is 0 Å². The van der Waals surface area contributed by atoms with Gasteiger partial charge in [-0.25, -0.2) is 0 Å². The molecule has 1 aromatic carbocycles. The van der Waals surface area contributed by atoms with Crippen molar-refractivity contribution in [2.75, 3.05) is 6.61 Å². The van der Waals surface area contributed by atoms with E-state index in [-0.39, 0.29) is 0 Å². The summed E-state index contributed by atoms with van der Waals surface area (Å²) in [4.78, 5) is 0. The average Bonchev–Trinajstić information content (AvgIpc) is 2.11. The molecule has 0 spiro atoms. The summed E-state index contributed by atoms with van der Waals surface area (Å²) in [7, 11) is 0. The van der Waals surface area contributed by atoms with Crippen LogP contribution in [-0.4, -0.2) is 6.61 Å². The summed E-state index contributed by atoms with van der Waals surface area (Å²) in [6.45, 7) is 5.09. The van der Waals surface area contributed by atoms with E-state index in [1.54, 1.807) is 0 Å². The predicted molar refractivity (Wildman–Crippen MR) is 64.3 cm³/mol. The first-order chi connectivity index (χ1) is 6.24. The van der Waals surface area contributed by atoms with E-state index in [2.05, 4.69) is 54.6 Å². The van der Waals surface area contributed by atoms with Crippen LogP contribution in [0.1, 0.15) is 25.3 Å². The standard InChI is InChI=1S/C11H15IO/c1-3-4-7-13-11-8-9(2)5-6-10(11)12/h5-6,8H,3-4,7H2,1-2H3. The maximum absolute atomic E-state index is 5.65. The van der Waals surface area contributed by atoms with E-state index in [0.29, 0.717) is 0 Å². The molecule has 0 aliphatic rings. The second-order valence-electron chi connectivity index (χ2n) is 3.14. The Balaban J connectivity index is 2.59. The van der Waals surface area contributed by atoms with Gasteiger partial charge in [0.25, 0.3) is 0 Å². The molecule has 0 N–H and O–H groups in total. The van der Waals surface area contributed by atoms with Crippen molar-refractivity contribution >= 4 is 22.6 Å². The Bertz CT molecular complexity index is 271. The van der Waals surface area contributed by atoms with Crippen LogP contribution in [0, 0.1) is 10.5 Å². The van der Waals surface area contributed by atoms with Crippen molar-refractivity contribution in [3.8, 4) is 5.75 Å². The van der Waals surface area contributed by atoms with Crippen molar-refractivity contribution in [1.82, 2.24) is 0 Å². The lowest BCUT2D eigenvalue weighted by molar-refractivity contribution is 0.307. The van der Waals surface area contributed by atoms with Gasteiger partial charge in [-0.05, 0) is 53.6 Å². The smallest absolute Gasteiger partial charge is 0.132 e. The van der Waals surface area contributed by atoms with Gasteiger partial charge in [0.2, 0.25) is 0 Å². The van der Waals surface area contributed by atoms with Gasteiger partial charge in [-0.15, -0.1) is 0 Å². The first-order valence-electron chi connectivity index (χ1n) is 4.63. The third kappa shape index (κ3) is 3.55. The number of hydrogen-bond acceptors (Lipinski definition) is 1. The fourth-order valence-corrected chi connectivity index (χ4v) is 1.54. The molecule has 0 fully saturated rings. The second kappa shape index (κ2) is 5.47. The molecule has 13 heavy (non-hydrogen) atoms. The summed E-state index contributed by atoms with van der Waals surface area (Å²) >= 11 is 2.30. The molecule has 0 saturated heterocycles. The highest BCUT2D eigenvalue weighted by molar-refractivity contribution is 14.1. The third-order valence-corrected chi connectivity index (χ3v) is 2.73. The second-order valence-corrected chi connectivity index (χ2v) is 4.30. The van der Waals surface area contributed by atoms with Crippen LogP contribution in [0.5, 0.6) is 5.75 Å². The number of unbranched alkanes of at least 4 members (excludes halogenated alkanes) is 1. The highest BCUT2D eigenvalue weighted by atomic mass is 127. The molecular formula is C11H15IO. The minimum atomic E-state index is 0.829. The summed E-state index contributed by atoms with van der Waals surface area (Å²) in [5, 5.41) is 0. The number of rotatable bonds is 4. The van der Waals surface area contributed by atoms with Gasteiger partial charge in [0.15, 0.2) is 0 Å². The van der Waals surface area contributed by atoms with Crippen molar-refractivity contribution in [3.05, 3.63) is 27.3 Å². The molecule has 0 atom stereocenters. The van der Waals surface area contributed by atoms with E-state index < -0.39 is 0 Å². The Hall–Kier alpha value is -0.250. The maximum atomic E-state index is 5.65. The van der Waals surface area contributed by atoms with Gasteiger partial charge in [-0.3, -0.25) is 0 Å². The molecule has 72 valence electrons. The van der Waals surface area contributed by atoms with E-state index in [9.17, 15) is 0 Å². The zero-order valence-corrected chi connectivity index (χ0v) is 10.3. The zero-order valence-electron chi connectivity index (χ0n) is 8.14. The summed E-state index contributed by atoms with van der Waals surface area (Å²) in [6, 6.07) is 6.29. The van der Waals surface area contributed by atoms with Gasteiger partial charge in [0, 0.05) is 0 Å². The quantitative estimate of drug-likeness (QED) is 0.605. The lowest BCUT2D eigenvalue weighted by Crippen LogP contribution is -1.98. The molecule has 0 unspecified atom stereocenters. The Kier molecular flexibility index (Phi) is 4.56. The molecule has 0 aromatic heterocycles. The van der Waals surface area contributed by atoms with Crippen molar-refractivity contribution in [3.63, 3.8) is 0 Å². The zero-order chi connectivity index (χ0) is 9.68. The van der Waals surface area contributed by atoms with Crippen molar-refractivity contribution in [2.24, 2.45) is 0 Å². The minimum Gasteiger partial charge on any atom is -0.492 e. The van der Waals surface area contributed by atoms with E-state index in [1.165, 1.54) is 15.6 Å². The summed E-state index contributed by atoms with van der Waals surface area (Å²) in [5.41, 5.74) is 1.26. The molecule has 0 aliphatic heterocycles. The first kappa shape index (κ1) is 10.8. The monoisotopic (exact) mass is 290 g/mol. The molecule has 1 aromatic rings. The molecule has 0 saturated carbocycles. The lowest BCUT2D eigenvalue weighted by Gasteiger charge is -2.07. The maximum Gasteiger partial charge on any atom is 0.132 e. The van der Waals surface area contributed by atoms with Crippen molar-refractivity contribution < 1.29 is 4.74 Å². The highest BCUT2D eigenvalue weighted by Gasteiger charge is 1.99. The van der Waals surface area contributed by atoms with Crippen LogP contribution in [0.15, 0.2) is 18.2 Å². The lowest BCUT2D eigenvalue weighted by atomic mass is 10.2. The van der Waals surface area contributed by atoms with E-state index in [1.807, 2.05) is 0 Å². The van der Waals surface area contributed by atoms with E-state index in [0.717, 1.165) is 18.8 Å². The number of benzene rings is 1. The molecule has 1 rings (SSSR count). The topological polar surface area (TPSA) is 9.23 Å². The molecule has 0 amide bonds. The Morgan fingerprint density at radius 1 is 1.38 bits per heavy atom.